The molecule has 0 aromatic heterocycles. The Hall–Kier alpha value is -0.740. The monoisotopic (exact) mass is 167 g/mol. The highest BCUT2D eigenvalue weighted by Crippen LogP contribution is 2.31. The molecule has 1 unspecified atom stereocenters. The van der Waals surface area contributed by atoms with Crippen molar-refractivity contribution in [2.75, 3.05) is 7.05 Å². The zero-order valence-corrected chi connectivity index (χ0v) is 5.98. The van der Waals surface area contributed by atoms with Crippen LogP contribution in [0.2, 0.25) is 0 Å². The number of rotatable bonds is 0. The van der Waals surface area contributed by atoms with Gasteiger partial charge in [0.15, 0.2) is 0 Å². The van der Waals surface area contributed by atoms with Gasteiger partial charge in [0.25, 0.3) is 0 Å². The van der Waals surface area contributed by atoms with Crippen LogP contribution in [0.5, 0.6) is 0 Å². The van der Waals surface area contributed by atoms with Gasteiger partial charge in [-0.1, -0.05) is 0 Å². The summed E-state index contributed by atoms with van der Waals surface area (Å²) >= 11 is 0. The number of alkyl halides is 3. The smallest absolute Gasteiger partial charge is 0.334 e. The molecular formula is C6H8F3NO. The highest BCUT2D eigenvalue weighted by atomic mass is 19.4. The summed E-state index contributed by atoms with van der Waals surface area (Å²) in [5.74, 6) is -0.424. The number of carbonyl (C=O) groups excluding carboxylic acids is 1. The van der Waals surface area contributed by atoms with Crippen LogP contribution in [0, 0.1) is 0 Å². The number of nitrogens with zero attached hydrogens (tertiary/aromatic N) is 1. The van der Waals surface area contributed by atoms with E-state index in [-0.39, 0.29) is 12.8 Å². The number of likely N-dealkylation sites (tertiary alicyclic amines) is 1. The minimum atomic E-state index is -4.26. The van der Waals surface area contributed by atoms with E-state index < -0.39 is 18.1 Å². The number of carbonyl (C=O) groups is 1. The summed E-state index contributed by atoms with van der Waals surface area (Å²) in [7, 11) is 1.19. The first-order chi connectivity index (χ1) is 4.93. The second-order valence-corrected chi connectivity index (χ2v) is 2.60. The van der Waals surface area contributed by atoms with Crippen LogP contribution in [0.3, 0.4) is 0 Å². The Kier molecular flexibility index (Phi) is 1.82. The van der Waals surface area contributed by atoms with Gasteiger partial charge in [0.2, 0.25) is 5.91 Å². The Morgan fingerprint density at radius 1 is 1.55 bits per heavy atom. The van der Waals surface area contributed by atoms with Gasteiger partial charge in [-0.3, -0.25) is 4.79 Å². The quantitative estimate of drug-likeness (QED) is 0.530. The Labute approximate surface area is 62.0 Å². The SMILES string of the molecule is CN1C(=O)CCC1C(F)(F)F. The van der Waals surface area contributed by atoms with E-state index in [1.165, 1.54) is 7.05 Å². The van der Waals surface area contributed by atoms with E-state index in [9.17, 15) is 18.0 Å². The van der Waals surface area contributed by atoms with Crippen LogP contribution in [0.4, 0.5) is 13.2 Å². The molecule has 2 nitrogen and oxygen atoms in total. The molecule has 11 heavy (non-hydrogen) atoms. The maximum atomic E-state index is 12.0. The van der Waals surface area contributed by atoms with Gasteiger partial charge in [0.05, 0.1) is 0 Å². The molecule has 5 heteroatoms. The third-order valence-electron chi connectivity index (χ3n) is 1.87. The highest BCUT2D eigenvalue weighted by Gasteiger charge is 2.47. The van der Waals surface area contributed by atoms with Crippen molar-refractivity contribution < 1.29 is 18.0 Å². The van der Waals surface area contributed by atoms with Gasteiger partial charge in [-0.25, -0.2) is 0 Å². The fourth-order valence-electron chi connectivity index (χ4n) is 1.19. The van der Waals surface area contributed by atoms with E-state index in [1.807, 2.05) is 0 Å². The Bertz CT molecular complexity index is 177. The molecule has 1 atom stereocenters. The normalized spacial score (nSPS) is 26.4. The molecule has 0 bridgehead atoms. The third-order valence-corrected chi connectivity index (χ3v) is 1.87. The molecule has 0 aromatic rings. The Morgan fingerprint density at radius 3 is 2.27 bits per heavy atom. The van der Waals surface area contributed by atoms with Crippen molar-refractivity contribution in [3.63, 3.8) is 0 Å². The zero-order chi connectivity index (χ0) is 8.65. The number of amides is 1. The molecular weight excluding hydrogens is 159 g/mol. The summed E-state index contributed by atoms with van der Waals surface area (Å²) < 4.78 is 36.0. The van der Waals surface area contributed by atoms with Crippen molar-refractivity contribution in [2.45, 2.75) is 25.1 Å². The minimum Gasteiger partial charge on any atom is -0.334 e. The van der Waals surface area contributed by atoms with Crippen molar-refractivity contribution in [3.8, 4) is 0 Å². The summed E-state index contributed by atoms with van der Waals surface area (Å²) in [5, 5.41) is 0. The number of hydrogen-bond acceptors (Lipinski definition) is 1. The molecule has 0 aromatic carbocycles. The number of hydrogen-bond donors (Lipinski definition) is 0. The first kappa shape index (κ1) is 8.36. The molecule has 0 spiro atoms. The second-order valence-electron chi connectivity index (χ2n) is 2.60. The summed E-state index contributed by atoms with van der Waals surface area (Å²) in [5.41, 5.74) is 0. The van der Waals surface area contributed by atoms with E-state index in [0.29, 0.717) is 0 Å². The van der Waals surface area contributed by atoms with E-state index in [4.69, 9.17) is 0 Å². The van der Waals surface area contributed by atoms with Gasteiger partial charge < -0.3 is 4.90 Å². The van der Waals surface area contributed by atoms with E-state index in [0.717, 1.165) is 4.90 Å². The first-order valence-corrected chi connectivity index (χ1v) is 3.25. The van der Waals surface area contributed by atoms with Crippen LogP contribution in [0.1, 0.15) is 12.8 Å². The van der Waals surface area contributed by atoms with Crippen LogP contribution in [0.25, 0.3) is 0 Å². The lowest BCUT2D eigenvalue weighted by Gasteiger charge is -2.21. The lowest BCUT2D eigenvalue weighted by Crippen LogP contribution is -2.40. The largest absolute Gasteiger partial charge is 0.408 e. The van der Waals surface area contributed by atoms with Crippen LogP contribution >= 0.6 is 0 Å². The number of halogens is 3. The van der Waals surface area contributed by atoms with Gasteiger partial charge >= 0.3 is 6.18 Å². The fourth-order valence-corrected chi connectivity index (χ4v) is 1.19. The average molecular weight is 167 g/mol. The molecule has 1 rings (SSSR count). The van der Waals surface area contributed by atoms with Crippen LogP contribution in [-0.2, 0) is 4.79 Å². The predicted octanol–water partition coefficient (Wildman–Crippen LogP) is 1.17. The molecule has 64 valence electrons. The van der Waals surface area contributed by atoms with Gasteiger partial charge in [-0.15, -0.1) is 0 Å². The molecule has 0 N–H and O–H groups in total. The molecule has 1 fully saturated rings. The third kappa shape index (κ3) is 1.46. The molecule has 1 aliphatic heterocycles. The molecule has 1 heterocycles. The maximum absolute atomic E-state index is 12.0. The summed E-state index contributed by atoms with van der Waals surface area (Å²) in [6, 6.07) is -1.56. The van der Waals surface area contributed by atoms with Crippen LogP contribution in [0.15, 0.2) is 0 Å². The molecule has 1 amide bonds. The minimum absolute atomic E-state index is 0.0146. The lowest BCUT2D eigenvalue weighted by atomic mass is 10.2. The predicted molar refractivity (Wildman–Crippen MR) is 31.8 cm³/mol. The molecule has 0 radical (unpaired) electrons. The van der Waals surface area contributed by atoms with E-state index in [2.05, 4.69) is 0 Å². The van der Waals surface area contributed by atoms with Crippen LogP contribution < -0.4 is 0 Å². The van der Waals surface area contributed by atoms with Crippen molar-refractivity contribution in [2.24, 2.45) is 0 Å². The Morgan fingerprint density at radius 2 is 2.09 bits per heavy atom. The molecule has 1 saturated heterocycles. The fraction of sp³-hybridized carbons (Fsp3) is 0.833. The average Bonchev–Trinajstić information content (AvgIpc) is 2.11. The topological polar surface area (TPSA) is 20.3 Å². The van der Waals surface area contributed by atoms with Gasteiger partial charge in [0, 0.05) is 13.5 Å². The summed E-state index contributed by atoms with van der Waals surface area (Å²) in [4.78, 5) is 11.4. The van der Waals surface area contributed by atoms with E-state index >= 15 is 0 Å². The van der Waals surface area contributed by atoms with Crippen molar-refractivity contribution in [3.05, 3.63) is 0 Å². The standard InChI is InChI=1S/C6H8F3NO/c1-10-4(6(7,8)9)2-3-5(10)11/h4H,2-3H2,1H3. The van der Waals surface area contributed by atoms with Crippen molar-refractivity contribution in [1.29, 1.82) is 0 Å². The highest BCUT2D eigenvalue weighted by molar-refractivity contribution is 5.78. The Balaban J connectivity index is 2.70. The van der Waals surface area contributed by atoms with E-state index in [1.54, 1.807) is 0 Å². The maximum Gasteiger partial charge on any atom is 0.408 e. The van der Waals surface area contributed by atoms with Gasteiger partial charge in [-0.2, -0.15) is 13.2 Å². The van der Waals surface area contributed by atoms with Crippen LogP contribution in [-0.4, -0.2) is 30.1 Å². The van der Waals surface area contributed by atoms with Crippen molar-refractivity contribution >= 4 is 5.91 Å². The molecule has 0 aliphatic carbocycles. The zero-order valence-electron chi connectivity index (χ0n) is 5.98. The molecule has 0 saturated carbocycles. The summed E-state index contributed by atoms with van der Waals surface area (Å²) in [6.45, 7) is 0. The first-order valence-electron chi connectivity index (χ1n) is 3.25. The van der Waals surface area contributed by atoms with Crippen molar-refractivity contribution in [1.82, 2.24) is 4.90 Å². The molecule has 1 aliphatic rings. The van der Waals surface area contributed by atoms with Gasteiger partial charge in [-0.05, 0) is 6.42 Å². The summed E-state index contributed by atoms with van der Waals surface area (Å²) in [6.07, 6.45) is -4.35. The van der Waals surface area contributed by atoms with Gasteiger partial charge in [0.1, 0.15) is 6.04 Å². The lowest BCUT2D eigenvalue weighted by molar-refractivity contribution is -0.177. The second kappa shape index (κ2) is 2.39.